The standard InChI is InChI=1S/C17H22N4O2/c1-20(12-9-15(22)23)16-17(21-10-5-2-6-11-21)19-14-8-4-3-7-13(14)18-16/h3-4,7-8H,2,5-6,9-12H2,1H3,(H,22,23). The van der Waals surface area contributed by atoms with Crippen LogP contribution in [0.3, 0.4) is 0 Å². The molecule has 0 unspecified atom stereocenters. The highest BCUT2D eigenvalue weighted by Crippen LogP contribution is 2.29. The molecule has 0 radical (unpaired) electrons. The fourth-order valence-electron chi connectivity index (χ4n) is 2.92. The minimum atomic E-state index is -0.801. The summed E-state index contributed by atoms with van der Waals surface area (Å²) < 4.78 is 0. The molecular formula is C17H22N4O2. The van der Waals surface area contributed by atoms with Gasteiger partial charge >= 0.3 is 5.97 Å². The van der Waals surface area contributed by atoms with E-state index >= 15 is 0 Å². The third-order valence-corrected chi connectivity index (χ3v) is 4.21. The average Bonchev–Trinajstić information content (AvgIpc) is 2.59. The number of hydrogen-bond donors (Lipinski definition) is 1. The van der Waals surface area contributed by atoms with E-state index in [4.69, 9.17) is 15.1 Å². The topological polar surface area (TPSA) is 69.6 Å². The Bertz CT molecular complexity index is 698. The van der Waals surface area contributed by atoms with E-state index in [1.54, 1.807) is 0 Å². The molecular weight excluding hydrogens is 292 g/mol. The highest BCUT2D eigenvalue weighted by molar-refractivity contribution is 5.81. The molecule has 1 aromatic carbocycles. The van der Waals surface area contributed by atoms with Gasteiger partial charge in [0.25, 0.3) is 0 Å². The molecule has 2 heterocycles. The summed E-state index contributed by atoms with van der Waals surface area (Å²) in [6, 6.07) is 7.82. The number of nitrogens with zero attached hydrogens (tertiary/aromatic N) is 4. The van der Waals surface area contributed by atoms with Gasteiger partial charge in [-0.1, -0.05) is 12.1 Å². The number of carboxylic acids is 1. The van der Waals surface area contributed by atoms with E-state index in [-0.39, 0.29) is 6.42 Å². The number of para-hydroxylation sites is 2. The van der Waals surface area contributed by atoms with Crippen LogP contribution in [-0.4, -0.2) is 47.7 Å². The van der Waals surface area contributed by atoms with Crippen molar-refractivity contribution < 1.29 is 9.90 Å². The zero-order valence-electron chi connectivity index (χ0n) is 13.4. The maximum atomic E-state index is 10.9. The number of piperidine rings is 1. The molecule has 1 aromatic heterocycles. The number of aliphatic carboxylic acids is 1. The van der Waals surface area contributed by atoms with Crippen molar-refractivity contribution in [3.8, 4) is 0 Å². The van der Waals surface area contributed by atoms with Gasteiger partial charge in [0.15, 0.2) is 11.6 Å². The Morgan fingerprint density at radius 3 is 2.48 bits per heavy atom. The normalized spacial score (nSPS) is 14.9. The van der Waals surface area contributed by atoms with Crippen molar-refractivity contribution in [2.75, 3.05) is 36.5 Å². The van der Waals surface area contributed by atoms with Crippen LogP contribution in [0.5, 0.6) is 0 Å². The Morgan fingerprint density at radius 2 is 1.83 bits per heavy atom. The molecule has 0 spiro atoms. The van der Waals surface area contributed by atoms with Gasteiger partial charge in [-0.2, -0.15) is 0 Å². The van der Waals surface area contributed by atoms with Gasteiger partial charge in [-0.15, -0.1) is 0 Å². The fourth-order valence-corrected chi connectivity index (χ4v) is 2.92. The third kappa shape index (κ3) is 3.52. The summed E-state index contributed by atoms with van der Waals surface area (Å²) >= 11 is 0. The van der Waals surface area contributed by atoms with Crippen LogP contribution in [0.15, 0.2) is 24.3 Å². The highest BCUT2D eigenvalue weighted by atomic mass is 16.4. The zero-order chi connectivity index (χ0) is 16.2. The number of fused-ring (bicyclic) bond motifs is 1. The maximum Gasteiger partial charge on any atom is 0.305 e. The second-order valence-electron chi connectivity index (χ2n) is 5.97. The van der Waals surface area contributed by atoms with Crippen molar-refractivity contribution in [3.05, 3.63) is 24.3 Å². The van der Waals surface area contributed by atoms with E-state index in [0.29, 0.717) is 6.54 Å². The summed E-state index contributed by atoms with van der Waals surface area (Å²) in [7, 11) is 1.88. The summed E-state index contributed by atoms with van der Waals surface area (Å²) in [6.07, 6.45) is 3.66. The number of aromatic nitrogens is 2. The second kappa shape index (κ2) is 6.81. The van der Waals surface area contributed by atoms with E-state index in [9.17, 15) is 4.79 Å². The summed E-state index contributed by atoms with van der Waals surface area (Å²) in [5.74, 6) is 0.841. The van der Waals surface area contributed by atoms with E-state index in [1.807, 2.05) is 36.2 Å². The predicted octanol–water partition coefficient (Wildman–Crippen LogP) is 2.53. The van der Waals surface area contributed by atoms with Crippen LogP contribution in [0.4, 0.5) is 11.6 Å². The van der Waals surface area contributed by atoms with Gasteiger partial charge in [-0.3, -0.25) is 4.79 Å². The van der Waals surface area contributed by atoms with Crippen LogP contribution >= 0.6 is 0 Å². The molecule has 2 aromatic rings. The summed E-state index contributed by atoms with van der Waals surface area (Å²) in [6.45, 7) is 2.38. The lowest BCUT2D eigenvalue weighted by Gasteiger charge is -2.31. The largest absolute Gasteiger partial charge is 0.481 e. The molecule has 0 aliphatic carbocycles. The van der Waals surface area contributed by atoms with Crippen LogP contribution in [0.25, 0.3) is 11.0 Å². The monoisotopic (exact) mass is 314 g/mol. The summed E-state index contributed by atoms with van der Waals surface area (Å²) in [5.41, 5.74) is 1.72. The first-order chi connectivity index (χ1) is 11.1. The van der Waals surface area contributed by atoms with Crippen LogP contribution in [0.1, 0.15) is 25.7 Å². The van der Waals surface area contributed by atoms with Gasteiger partial charge in [-0.05, 0) is 31.4 Å². The molecule has 3 rings (SSSR count). The van der Waals surface area contributed by atoms with Crippen molar-refractivity contribution in [3.63, 3.8) is 0 Å². The van der Waals surface area contributed by atoms with Crippen LogP contribution < -0.4 is 9.80 Å². The molecule has 1 aliphatic heterocycles. The van der Waals surface area contributed by atoms with Crippen molar-refractivity contribution >= 4 is 28.6 Å². The van der Waals surface area contributed by atoms with Crippen molar-refractivity contribution in [1.82, 2.24) is 9.97 Å². The lowest BCUT2D eigenvalue weighted by Crippen LogP contribution is -2.33. The van der Waals surface area contributed by atoms with E-state index in [1.165, 1.54) is 6.42 Å². The Kier molecular flexibility index (Phi) is 4.60. The van der Waals surface area contributed by atoms with E-state index in [0.717, 1.165) is 48.6 Å². The minimum absolute atomic E-state index is 0.0877. The number of benzene rings is 1. The van der Waals surface area contributed by atoms with Crippen LogP contribution in [-0.2, 0) is 4.79 Å². The molecule has 0 bridgehead atoms. The SMILES string of the molecule is CN(CCC(=O)O)c1nc2ccccc2nc1N1CCCCC1. The molecule has 1 fully saturated rings. The average molecular weight is 314 g/mol. The maximum absolute atomic E-state index is 10.9. The van der Waals surface area contributed by atoms with E-state index in [2.05, 4.69) is 4.90 Å². The second-order valence-corrected chi connectivity index (χ2v) is 5.97. The summed E-state index contributed by atoms with van der Waals surface area (Å²) in [4.78, 5) is 24.6. The Balaban J connectivity index is 1.99. The van der Waals surface area contributed by atoms with Crippen molar-refractivity contribution in [1.29, 1.82) is 0 Å². The molecule has 122 valence electrons. The van der Waals surface area contributed by atoms with Gasteiger partial charge in [-0.25, -0.2) is 9.97 Å². The number of anilines is 2. The minimum Gasteiger partial charge on any atom is -0.481 e. The molecule has 0 atom stereocenters. The van der Waals surface area contributed by atoms with Crippen molar-refractivity contribution in [2.45, 2.75) is 25.7 Å². The molecule has 6 heteroatoms. The predicted molar refractivity (Wildman–Crippen MR) is 91.1 cm³/mol. The Labute approximate surface area is 135 Å². The lowest BCUT2D eigenvalue weighted by molar-refractivity contribution is -0.136. The quantitative estimate of drug-likeness (QED) is 0.914. The Hall–Kier alpha value is -2.37. The first-order valence-electron chi connectivity index (χ1n) is 8.10. The molecule has 6 nitrogen and oxygen atoms in total. The van der Waals surface area contributed by atoms with Crippen LogP contribution in [0.2, 0.25) is 0 Å². The molecule has 1 N–H and O–H groups in total. The number of carbonyl (C=O) groups is 1. The number of carboxylic acid groups (broad SMARTS) is 1. The third-order valence-electron chi connectivity index (χ3n) is 4.21. The number of rotatable bonds is 5. The van der Waals surface area contributed by atoms with Crippen LogP contribution in [0, 0.1) is 0 Å². The summed E-state index contributed by atoms with van der Waals surface area (Å²) in [5, 5.41) is 8.93. The first kappa shape index (κ1) is 15.5. The highest BCUT2D eigenvalue weighted by Gasteiger charge is 2.20. The van der Waals surface area contributed by atoms with Gasteiger partial charge in [0.1, 0.15) is 0 Å². The van der Waals surface area contributed by atoms with Gasteiger partial charge in [0, 0.05) is 26.7 Å². The van der Waals surface area contributed by atoms with E-state index < -0.39 is 5.97 Å². The lowest BCUT2D eigenvalue weighted by atomic mass is 10.1. The molecule has 1 saturated heterocycles. The molecule has 0 amide bonds. The molecule has 1 aliphatic rings. The molecule has 0 saturated carbocycles. The first-order valence-corrected chi connectivity index (χ1v) is 8.10. The zero-order valence-corrected chi connectivity index (χ0v) is 13.4. The fraction of sp³-hybridized carbons (Fsp3) is 0.471. The van der Waals surface area contributed by atoms with Crippen molar-refractivity contribution in [2.24, 2.45) is 0 Å². The Morgan fingerprint density at radius 1 is 1.17 bits per heavy atom. The smallest absolute Gasteiger partial charge is 0.305 e. The number of hydrogen-bond acceptors (Lipinski definition) is 5. The van der Waals surface area contributed by atoms with Gasteiger partial charge in [0.2, 0.25) is 0 Å². The van der Waals surface area contributed by atoms with Gasteiger partial charge < -0.3 is 14.9 Å². The molecule has 23 heavy (non-hydrogen) atoms. The van der Waals surface area contributed by atoms with Gasteiger partial charge in [0.05, 0.1) is 17.5 Å².